The first-order valence-corrected chi connectivity index (χ1v) is 7.56. The second-order valence-electron chi connectivity index (χ2n) is 5.22. The van der Waals surface area contributed by atoms with Gasteiger partial charge in [0.15, 0.2) is 0 Å². The highest BCUT2D eigenvalue weighted by molar-refractivity contribution is 5.74. The van der Waals surface area contributed by atoms with E-state index in [1.165, 1.54) is 0 Å². The topological polar surface area (TPSA) is 39.2 Å². The number of aryl methyl sites for hydroxylation is 1. The average Bonchev–Trinajstić information content (AvgIpc) is 2.62. The second-order valence-corrected chi connectivity index (χ2v) is 5.22. The molecule has 0 fully saturated rings. The lowest BCUT2D eigenvalue weighted by molar-refractivity contribution is -0.134. The first kappa shape index (κ1) is 15.0. The molecule has 0 atom stereocenters. The van der Waals surface area contributed by atoms with E-state index < -0.39 is 0 Å². The number of hydrogen-bond donors (Lipinski definition) is 0. The van der Waals surface area contributed by atoms with Crippen LogP contribution in [0.4, 0.5) is 0 Å². The third-order valence-electron chi connectivity index (χ3n) is 3.54. The average molecular weight is 303 g/mol. The lowest BCUT2D eigenvalue weighted by Gasteiger charge is -2.07. The van der Waals surface area contributed by atoms with Crippen LogP contribution in [0.15, 0.2) is 79.1 Å². The molecular weight excluding hydrogens is 286 g/mol. The van der Waals surface area contributed by atoms with Crippen molar-refractivity contribution < 1.29 is 9.53 Å². The highest BCUT2D eigenvalue weighted by Gasteiger charge is 2.07. The summed E-state index contributed by atoms with van der Waals surface area (Å²) in [6.45, 7) is 0. The van der Waals surface area contributed by atoms with Gasteiger partial charge in [-0.15, -0.1) is 0 Å². The molecule has 0 saturated carbocycles. The Morgan fingerprint density at radius 2 is 1.61 bits per heavy atom. The summed E-state index contributed by atoms with van der Waals surface area (Å²) in [4.78, 5) is 16.0. The Bertz CT molecular complexity index is 770. The minimum Gasteiger partial charge on any atom is -0.426 e. The van der Waals surface area contributed by atoms with Crippen LogP contribution in [-0.4, -0.2) is 11.0 Å². The Morgan fingerprint density at radius 3 is 2.39 bits per heavy atom. The van der Waals surface area contributed by atoms with Gasteiger partial charge in [0.25, 0.3) is 0 Å². The molecule has 3 aromatic rings. The molecule has 0 aliphatic rings. The van der Waals surface area contributed by atoms with E-state index in [2.05, 4.69) is 4.98 Å². The van der Waals surface area contributed by atoms with Gasteiger partial charge in [-0.25, -0.2) is 0 Å². The molecule has 3 rings (SSSR count). The Morgan fingerprint density at radius 1 is 0.870 bits per heavy atom. The number of carbonyl (C=O) groups is 1. The molecule has 23 heavy (non-hydrogen) atoms. The van der Waals surface area contributed by atoms with Crippen LogP contribution in [0.2, 0.25) is 0 Å². The lowest BCUT2D eigenvalue weighted by atomic mass is 10.1. The number of carbonyl (C=O) groups excluding carboxylic acids is 1. The molecule has 0 bridgehead atoms. The lowest BCUT2D eigenvalue weighted by Crippen LogP contribution is -2.09. The zero-order valence-corrected chi connectivity index (χ0v) is 12.7. The van der Waals surface area contributed by atoms with Crippen molar-refractivity contribution in [2.24, 2.45) is 0 Å². The number of aromatic nitrogens is 1. The predicted molar refractivity (Wildman–Crippen MR) is 90.1 cm³/mol. The van der Waals surface area contributed by atoms with Gasteiger partial charge in [-0.1, -0.05) is 42.5 Å². The first-order valence-electron chi connectivity index (χ1n) is 7.56. The molecule has 1 heterocycles. The summed E-state index contributed by atoms with van der Waals surface area (Å²) in [5.41, 5.74) is 3.21. The molecule has 3 nitrogen and oxygen atoms in total. The molecule has 0 amide bonds. The molecule has 3 heteroatoms. The van der Waals surface area contributed by atoms with Gasteiger partial charge >= 0.3 is 5.97 Å². The Kier molecular flexibility index (Phi) is 4.79. The van der Waals surface area contributed by atoms with Crippen LogP contribution in [0.3, 0.4) is 0 Å². The minimum absolute atomic E-state index is 0.230. The quantitative estimate of drug-likeness (QED) is 0.521. The van der Waals surface area contributed by atoms with Gasteiger partial charge in [0.1, 0.15) is 5.75 Å². The van der Waals surface area contributed by atoms with Gasteiger partial charge in [0, 0.05) is 18.8 Å². The van der Waals surface area contributed by atoms with E-state index >= 15 is 0 Å². The van der Waals surface area contributed by atoms with Gasteiger partial charge < -0.3 is 4.74 Å². The largest absolute Gasteiger partial charge is 0.426 e. The summed E-state index contributed by atoms with van der Waals surface area (Å²) in [6, 6.07) is 21.4. The standard InChI is InChI=1S/C20H17NO2/c22-20(10-9-16-11-13-21-14-12-16)23-19-8-4-7-18(15-19)17-5-2-1-3-6-17/h1-8,11-15H,9-10H2. The van der Waals surface area contributed by atoms with Crippen molar-refractivity contribution in [3.05, 3.63) is 84.7 Å². The fraction of sp³-hybridized carbons (Fsp3) is 0.100. The van der Waals surface area contributed by atoms with Crippen LogP contribution < -0.4 is 4.74 Å². The molecule has 0 saturated heterocycles. The molecule has 0 unspecified atom stereocenters. The van der Waals surface area contributed by atoms with Gasteiger partial charge in [-0.05, 0) is 47.4 Å². The van der Waals surface area contributed by atoms with Gasteiger partial charge in [-0.2, -0.15) is 0 Å². The van der Waals surface area contributed by atoms with Gasteiger partial charge in [-0.3, -0.25) is 9.78 Å². The second kappa shape index (κ2) is 7.36. The molecule has 0 N–H and O–H groups in total. The van der Waals surface area contributed by atoms with E-state index in [4.69, 9.17) is 4.74 Å². The van der Waals surface area contributed by atoms with E-state index in [0.717, 1.165) is 16.7 Å². The zero-order valence-electron chi connectivity index (χ0n) is 12.7. The highest BCUT2D eigenvalue weighted by atomic mass is 16.5. The number of esters is 1. The number of pyridine rings is 1. The summed E-state index contributed by atoms with van der Waals surface area (Å²) < 4.78 is 5.44. The fourth-order valence-electron chi connectivity index (χ4n) is 2.35. The van der Waals surface area contributed by atoms with E-state index in [0.29, 0.717) is 18.6 Å². The normalized spacial score (nSPS) is 10.3. The molecule has 0 aliphatic heterocycles. The SMILES string of the molecule is O=C(CCc1ccncc1)Oc1cccc(-c2ccccc2)c1. The van der Waals surface area contributed by atoms with Crippen molar-refractivity contribution in [3.63, 3.8) is 0 Å². The van der Waals surface area contributed by atoms with Crippen molar-refractivity contribution in [1.82, 2.24) is 4.98 Å². The molecular formula is C20H17NO2. The molecule has 0 radical (unpaired) electrons. The van der Waals surface area contributed by atoms with E-state index in [1.54, 1.807) is 18.5 Å². The van der Waals surface area contributed by atoms with Crippen LogP contribution in [0.5, 0.6) is 5.75 Å². The molecule has 1 aromatic heterocycles. The molecule has 0 aliphatic carbocycles. The monoisotopic (exact) mass is 303 g/mol. The third-order valence-corrected chi connectivity index (χ3v) is 3.54. The van der Waals surface area contributed by atoms with E-state index in [-0.39, 0.29) is 5.97 Å². The van der Waals surface area contributed by atoms with E-state index in [9.17, 15) is 4.79 Å². The fourth-order valence-corrected chi connectivity index (χ4v) is 2.35. The highest BCUT2D eigenvalue weighted by Crippen LogP contribution is 2.23. The zero-order chi connectivity index (χ0) is 15.9. The molecule has 2 aromatic carbocycles. The van der Waals surface area contributed by atoms with Crippen molar-refractivity contribution >= 4 is 5.97 Å². The maximum Gasteiger partial charge on any atom is 0.311 e. The number of nitrogens with zero attached hydrogens (tertiary/aromatic N) is 1. The minimum atomic E-state index is -0.230. The maximum absolute atomic E-state index is 12.0. The summed E-state index contributed by atoms with van der Waals surface area (Å²) in [7, 11) is 0. The van der Waals surface area contributed by atoms with Crippen LogP contribution in [0.25, 0.3) is 11.1 Å². The van der Waals surface area contributed by atoms with Gasteiger partial charge in [0.2, 0.25) is 0 Å². The van der Waals surface area contributed by atoms with Crippen molar-refractivity contribution in [2.75, 3.05) is 0 Å². The van der Waals surface area contributed by atoms with E-state index in [1.807, 2.05) is 60.7 Å². The summed E-state index contributed by atoms with van der Waals surface area (Å²) in [5.74, 6) is 0.345. The summed E-state index contributed by atoms with van der Waals surface area (Å²) >= 11 is 0. The number of ether oxygens (including phenoxy) is 1. The summed E-state index contributed by atoms with van der Waals surface area (Å²) in [6.07, 6.45) is 4.45. The molecule has 0 spiro atoms. The first-order chi connectivity index (χ1) is 11.3. The predicted octanol–water partition coefficient (Wildman–Crippen LogP) is 4.29. The van der Waals surface area contributed by atoms with Crippen LogP contribution in [0.1, 0.15) is 12.0 Å². The van der Waals surface area contributed by atoms with Crippen molar-refractivity contribution in [2.45, 2.75) is 12.8 Å². The third kappa shape index (κ3) is 4.27. The van der Waals surface area contributed by atoms with Gasteiger partial charge in [0.05, 0.1) is 0 Å². The van der Waals surface area contributed by atoms with Crippen LogP contribution in [0, 0.1) is 0 Å². The number of hydrogen-bond acceptors (Lipinski definition) is 3. The Hall–Kier alpha value is -2.94. The maximum atomic E-state index is 12.0. The Labute approximate surface area is 135 Å². The summed E-state index contributed by atoms with van der Waals surface area (Å²) in [5, 5.41) is 0. The number of benzene rings is 2. The Balaban J connectivity index is 1.63. The van der Waals surface area contributed by atoms with Crippen LogP contribution in [-0.2, 0) is 11.2 Å². The molecule has 114 valence electrons. The van der Waals surface area contributed by atoms with Crippen molar-refractivity contribution in [1.29, 1.82) is 0 Å². The van der Waals surface area contributed by atoms with Crippen molar-refractivity contribution in [3.8, 4) is 16.9 Å². The number of rotatable bonds is 5. The van der Waals surface area contributed by atoms with Crippen LogP contribution >= 0.6 is 0 Å². The smallest absolute Gasteiger partial charge is 0.311 e.